The number of hydrogen-bond donors (Lipinski definition) is 1. The van der Waals surface area contributed by atoms with E-state index in [1.807, 2.05) is 0 Å². The van der Waals surface area contributed by atoms with Gasteiger partial charge in [-0.1, -0.05) is 6.42 Å². The van der Waals surface area contributed by atoms with E-state index >= 15 is 0 Å². The first-order valence-corrected chi connectivity index (χ1v) is 7.67. The lowest BCUT2D eigenvalue weighted by molar-refractivity contribution is -0.0484. The molecule has 0 bridgehead atoms. The predicted molar refractivity (Wildman–Crippen MR) is 78.0 cm³/mol. The topological polar surface area (TPSA) is 18.5 Å². The summed E-state index contributed by atoms with van der Waals surface area (Å²) in [4.78, 5) is 5.40. The molecule has 0 aliphatic carbocycles. The molecule has 2 rings (SSSR count). The molecule has 2 aliphatic heterocycles. The summed E-state index contributed by atoms with van der Waals surface area (Å²) < 4.78 is 0. The number of nitrogens with zero attached hydrogens (tertiary/aromatic N) is 2. The minimum absolute atomic E-state index is 0.242. The molecule has 2 heterocycles. The molecule has 0 unspecified atom stereocenters. The third-order valence-electron chi connectivity index (χ3n) is 5.55. The lowest BCUT2D eigenvalue weighted by atomic mass is 9.78. The predicted octanol–water partition coefficient (Wildman–Crippen LogP) is 1.93. The van der Waals surface area contributed by atoms with E-state index in [1.165, 1.54) is 45.4 Å². The zero-order valence-corrected chi connectivity index (χ0v) is 12.8. The van der Waals surface area contributed by atoms with Gasteiger partial charge in [0, 0.05) is 37.3 Å². The van der Waals surface area contributed by atoms with Crippen molar-refractivity contribution in [2.24, 2.45) is 0 Å². The van der Waals surface area contributed by atoms with Gasteiger partial charge in [-0.25, -0.2) is 0 Å². The SMILES string of the molecule is CC(C)(N1CCCCC1)C(C)(C)N1CCNCC1. The van der Waals surface area contributed by atoms with Crippen LogP contribution in [0.3, 0.4) is 0 Å². The summed E-state index contributed by atoms with van der Waals surface area (Å²) in [6.07, 6.45) is 4.17. The minimum Gasteiger partial charge on any atom is -0.314 e. The van der Waals surface area contributed by atoms with Gasteiger partial charge in [-0.05, 0) is 53.6 Å². The summed E-state index contributed by atoms with van der Waals surface area (Å²) in [6, 6.07) is 0. The Morgan fingerprint density at radius 1 is 0.667 bits per heavy atom. The lowest BCUT2D eigenvalue weighted by Gasteiger charge is -2.56. The van der Waals surface area contributed by atoms with E-state index in [0.29, 0.717) is 0 Å². The fraction of sp³-hybridized carbons (Fsp3) is 1.00. The van der Waals surface area contributed by atoms with Crippen LogP contribution in [0.5, 0.6) is 0 Å². The smallest absolute Gasteiger partial charge is 0.0332 e. The highest BCUT2D eigenvalue weighted by molar-refractivity contribution is 5.04. The maximum absolute atomic E-state index is 3.46. The molecular formula is C15H31N3. The fourth-order valence-electron chi connectivity index (χ4n) is 3.45. The van der Waals surface area contributed by atoms with E-state index in [0.717, 1.165) is 13.1 Å². The summed E-state index contributed by atoms with van der Waals surface area (Å²) in [5.41, 5.74) is 0.497. The molecule has 3 heteroatoms. The van der Waals surface area contributed by atoms with Crippen molar-refractivity contribution in [2.45, 2.75) is 58.0 Å². The number of piperidine rings is 1. The Hall–Kier alpha value is -0.120. The maximum atomic E-state index is 3.46. The molecule has 0 radical (unpaired) electrons. The van der Waals surface area contributed by atoms with E-state index in [2.05, 4.69) is 42.8 Å². The van der Waals surface area contributed by atoms with Crippen LogP contribution in [0.4, 0.5) is 0 Å². The summed E-state index contributed by atoms with van der Waals surface area (Å²) >= 11 is 0. The van der Waals surface area contributed by atoms with Gasteiger partial charge in [0.2, 0.25) is 0 Å². The van der Waals surface area contributed by atoms with Crippen molar-refractivity contribution >= 4 is 0 Å². The van der Waals surface area contributed by atoms with Crippen LogP contribution in [0, 0.1) is 0 Å². The van der Waals surface area contributed by atoms with Crippen molar-refractivity contribution < 1.29 is 0 Å². The van der Waals surface area contributed by atoms with Crippen molar-refractivity contribution in [3.8, 4) is 0 Å². The average Bonchev–Trinajstić information content (AvgIpc) is 2.40. The molecule has 0 aromatic heterocycles. The Labute approximate surface area is 113 Å². The molecule has 0 saturated carbocycles. The minimum atomic E-state index is 0.242. The van der Waals surface area contributed by atoms with Crippen molar-refractivity contribution in [1.29, 1.82) is 0 Å². The molecule has 2 fully saturated rings. The van der Waals surface area contributed by atoms with Crippen molar-refractivity contribution in [2.75, 3.05) is 39.3 Å². The number of nitrogens with one attached hydrogen (secondary N) is 1. The Kier molecular flexibility index (Phi) is 4.35. The summed E-state index contributed by atoms with van der Waals surface area (Å²) in [7, 11) is 0. The number of rotatable bonds is 3. The second-order valence-corrected chi connectivity index (χ2v) is 6.90. The maximum Gasteiger partial charge on any atom is 0.0332 e. The third-order valence-corrected chi connectivity index (χ3v) is 5.55. The largest absolute Gasteiger partial charge is 0.314 e. The monoisotopic (exact) mass is 253 g/mol. The molecule has 0 atom stereocenters. The molecule has 0 amide bonds. The number of piperazine rings is 1. The Morgan fingerprint density at radius 3 is 1.61 bits per heavy atom. The van der Waals surface area contributed by atoms with Gasteiger partial charge < -0.3 is 5.32 Å². The molecule has 1 N–H and O–H groups in total. The Morgan fingerprint density at radius 2 is 1.11 bits per heavy atom. The molecule has 0 aromatic carbocycles. The van der Waals surface area contributed by atoms with Crippen LogP contribution in [-0.4, -0.2) is 60.1 Å². The van der Waals surface area contributed by atoms with E-state index in [-0.39, 0.29) is 11.1 Å². The van der Waals surface area contributed by atoms with E-state index < -0.39 is 0 Å². The van der Waals surface area contributed by atoms with Gasteiger partial charge in [-0.3, -0.25) is 9.80 Å². The van der Waals surface area contributed by atoms with Crippen LogP contribution >= 0.6 is 0 Å². The van der Waals surface area contributed by atoms with Gasteiger partial charge in [0.1, 0.15) is 0 Å². The molecule has 18 heavy (non-hydrogen) atoms. The van der Waals surface area contributed by atoms with Crippen molar-refractivity contribution in [3.05, 3.63) is 0 Å². The molecule has 0 spiro atoms. The molecule has 2 aliphatic rings. The first kappa shape index (κ1) is 14.3. The molecule has 2 saturated heterocycles. The van der Waals surface area contributed by atoms with Crippen LogP contribution in [0.1, 0.15) is 47.0 Å². The standard InChI is InChI=1S/C15H31N3/c1-14(2,17-10-6-5-7-11-17)15(3,4)18-12-8-16-9-13-18/h16H,5-13H2,1-4H3. The van der Waals surface area contributed by atoms with Gasteiger partial charge in [-0.2, -0.15) is 0 Å². The summed E-state index contributed by atoms with van der Waals surface area (Å²) in [5.74, 6) is 0. The molecule has 0 aromatic rings. The Balaban J connectivity index is 2.09. The van der Waals surface area contributed by atoms with Gasteiger partial charge in [-0.15, -0.1) is 0 Å². The molecule has 106 valence electrons. The third kappa shape index (κ3) is 2.59. The second kappa shape index (κ2) is 5.48. The number of hydrogen-bond acceptors (Lipinski definition) is 3. The number of likely N-dealkylation sites (tertiary alicyclic amines) is 1. The first-order chi connectivity index (χ1) is 8.46. The zero-order chi connectivity index (χ0) is 13.2. The van der Waals surface area contributed by atoms with Gasteiger partial charge in [0.15, 0.2) is 0 Å². The van der Waals surface area contributed by atoms with Crippen LogP contribution in [0.2, 0.25) is 0 Å². The lowest BCUT2D eigenvalue weighted by Crippen LogP contribution is -2.68. The molecular weight excluding hydrogens is 222 g/mol. The highest BCUT2D eigenvalue weighted by Gasteiger charge is 2.45. The van der Waals surface area contributed by atoms with E-state index in [1.54, 1.807) is 0 Å². The van der Waals surface area contributed by atoms with E-state index in [4.69, 9.17) is 0 Å². The fourth-order valence-corrected chi connectivity index (χ4v) is 3.45. The highest BCUT2D eigenvalue weighted by Crippen LogP contribution is 2.35. The van der Waals surface area contributed by atoms with Crippen LogP contribution in [-0.2, 0) is 0 Å². The average molecular weight is 253 g/mol. The quantitative estimate of drug-likeness (QED) is 0.829. The molecule has 3 nitrogen and oxygen atoms in total. The van der Waals surface area contributed by atoms with Crippen molar-refractivity contribution in [1.82, 2.24) is 15.1 Å². The second-order valence-electron chi connectivity index (χ2n) is 6.90. The van der Waals surface area contributed by atoms with Crippen LogP contribution in [0.15, 0.2) is 0 Å². The van der Waals surface area contributed by atoms with Crippen LogP contribution < -0.4 is 5.32 Å². The normalized spacial score (nSPS) is 25.3. The first-order valence-electron chi connectivity index (χ1n) is 7.67. The van der Waals surface area contributed by atoms with Gasteiger partial charge in [0.05, 0.1) is 0 Å². The van der Waals surface area contributed by atoms with Crippen molar-refractivity contribution in [3.63, 3.8) is 0 Å². The highest BCUT2D eigenvalue weighted by atomic mass is 15.3. The van der Waals surface area contributed by atoms with Gasteiger partial charge >= 0.3 is 0 Å². The Bertz CT molecular complexity index is 233. The summed E-state index contributed by atoms with van der Waals surface area (Å²) in [6.45, 7) is 17.0. The van der Waals surface area contributed by atoms with Gasteiger partial charge in [0.25, 0.3) is 0 Å². The van der Waals surface area contributed by atoms with E-state index in [9.17, 15) is 0 Å². The van der Waals surface area contributed by atoms with Crippen LogP contribution in [0.25, 0.3) is 0 Å². The summed E-state index contributed by atoms with van der Waals surface area (Å²) in [5, 5.41) is 3.46. The zero-order valence-electron chi connectivity index (χ0n) is 12.8.